The Bertz CT molecular complexity index is 491. The minimum Gasteiger partial charge on any atom is -0.425 e. The second kappa shape index (κ2) is 5.33. The lowest BCUT2D eigenvalue weighted by Gasteiger charge is -2.29. The molecule has 1 saturated heterocycles. The summed E-state index contributed by atoms with van der Waals surface area (Å²) in [7, 11) is -3.32. The van der Waals surface area contributed by atoms with Gasteiger partial charge in [-0.15, -0.1) is 10.2 Å². The van der Waals surface area contributed by atoms with Crippen molar-refractivity contribution in [3.63, 3.8) is 0 Å². The van der Waals surface area contributed by atoms with Gasteiger partial charge in [0, 0.05) is 32.5 Å². The lowest BCUT2D eigenvalue weighted by atomic mass is 9.98. The minimum absolute atomic E-state index is 0.166. The molecule has 0 spiro atoms. The molecule has 0 saturated carbocycles. The van der Waals surface area contributed by atoms with E-state index in [0.717, 1.165) is 0 Å². The monoisotopic (exact) mass is 274 g/mol. The van der Waals surface area contributed by atoms with Crippen LogP contribution >= 0.6 is 0 Å². The number of nitrogens with zero attached hydrogens (tertiary/aromatic N) is 3. The van der Waals surface area contributed by atoms with Gasteiger partial charge in [0.25, 0.3) is 10.2 Å². The van der Waals surface area contributed by atoms with Gasteiger partial charge in [-0.05, 0) is 12.8 Å². The minimum atomic E-state index is -3.32. The van der Waals surface area contributed by atoms with Crippen molar-refractivity contribution in [2.45, 2.75) is 32.6 Å². The van der Waals surface area contributed by atoms with Crippen molar-refractivity contribution in [1.82, 2.24) is 19.2 Å². The summed E-state index contributed by atoms with van der Waals surface area (Å²) in [5.74, 6) is 1.33. The summed E-state index contributed by atoms with van der Waals surface area (Å²) in [4.78, 5) is 0. The van der Waals surface area contributed by atoms with Crippen LogP contribution in [0, 0.1) is 6.92 Å². The van der Waals surface area contributed by atoms with Crippen LogP contribution in [0.1, 0.15) is 37.5 Å². The van der Waals surface area contributed by atoms with Crippen LogP contribution in [0.25, 0.3) is 0 Å². The van der Waals surface area contributed by atoms with Crippen molar-refractivity contribution < 1.29 is 12.8 Å². The molecule has 0 radical (unpaired) electrons. The van der Waals surface area contributed by atoms with Gasteiger partial charge in [0.2, 0.25) is 11.8 Å². The van der Waals surface area contributed by atoms with Crippen LogP contribution in [-0.4, -0.2) is 42.6 Å². The summed E-state index contributed by atoms with van der Waals surface area (Å²) in [6.45, 7) is 4.90. The van der Waals surface area contributed by atoms with Crippen LogP contribution in [0.5, 0.6) is 0 Å². The summed E-state index contributed by atoms with van der Waals surface area (Å²) in [5.41, 5.74) is 0. The summed E-state index contributed by atoms with van der Waals surface area (Å²) >= 11 is 0. The van der Waals surface area contributed by atoms with Crippen molar-refractivity contribution in [2.24, 2.45) is 0 Å². The molecule has 2 rings (SSSR count). The van der Waals surface area contributed by atoms with E-state index in [1.807, 2.05) is 0 Å². The highest BCUT2D eigenvalue weighted by Gasteiger charge is 2.30. The smallest absolute Gasteiger partial charge is 0.279 e. The van der Waals surface area contributed by atoms with Crippen LogP contribution in [-0.2, 0) is 10.2 Å². The maximum Gasteiger partial charge on any atom is 0.279 e. The Morgan fingerprint density at radius 2 is 2.06 bits per heavy atom. The molecule has 0 unspecified atom stereocenters. The Morgan fingerprint density at radius 1 is 1.39 bits per heavy atom. The lowest BCUT2D eigenvalue weighted by Crippen LogP contribution is -2.44. The van der Waals surface area contributed by atoms with Gasteiger partial charge < -0.3 is 4.42 Å². The Balaban J connectivity index is 1.96. The molecule has 18 heavy (non-hydrogen) atoms. The molecule has 7 nitrogen and oxygen atoms in total. The van der Waals surface area contributed by atoms with E-state index in [2.05, 4.69) is 14.9 Å². The number of aryl methyl sites for hydroxylation is 1. The quantitative estimate of drug-likeness (QED) is 0.859. The summed E-state index contributed by atoms with van der Waals surface area (Å²) in [6, 6.07) is 0. The van der Waals surface area contributed by atoms with Gasteiger partial charge in [-0.25, -0.2) is 4.72 Å². The molecule has 0 atom stereocenters. The topological polar surface area (TPSA) is 88.3 Å². The zero-order valence-electron chi connectivity index (χ0n) is 10.6. The maximum atomic E-state index is 11.8. The van der Waals surface area contributed by atoms with Crippen LogP contribution in [0.15, 0.2) is 4.42 Å². The van der Waals surface area contributed by atoms with Crippen LogP contribution in [0.4, 0.5) is 0 Å². The average molecular weight is 274 g/mol. The molecule has 0 bridgehead atoms. The van der Waals surface area contributed by atoms with Gasteiger partial charge in [-0.1, -0.05) is 6.92 Å². The predicted octanol–water partition coefficient (Wildman–Crippen LogP) is 0.412. The van der Waals surface area contributed by atoms with E-state index in [1.165, 1.54) is 4.31 Å². The Labute approximate surface area is 107 Å². The molecule has 1 aliphatic rings. The molecular weight excluding hydrogens is 256 g/mol. The van der Waals surface area contributed by atoms with Gasteiger partial charge in [0.15, 0.2) is 0 Å². The van der Waals surface area contributed by atoms with Crippen LogP contribution < -0.4 is 4.72 Å². The van der Waals surface area contributed by atoms with Gasteiger partial charge in [-0.2, -0.15) is 12.7 Å². The molecule has 2 heterocycles. The third kappa shape index (κ3) is 2.88. The highest BCUT2D eigenvalue weighted by molar-refractivity contribution is 7.87. The van der Waals surface area contributed by atoms with Crippen molar-refractivity contribution in [3.05, 3.63) is 11.8 Å². The van der Waals surface area contributed by atoms with Crippen LogP contribution in [0.2, 0.25) is 0 Å². The van der Waals surface area contributed by atoms with Crippen LogP contribution in [0.3, 0.4) is 0 Å². The first-order valence-electron chi connectivity index (χ1n) is 6.07. The largest absolute Gasteiger partial charge is 0.425 e. The fraction of sp³-hybridized carbons (Fsp3) is 0.800. The van der Waals surface area contributed by atoms with E-state index >= 15 is 0 Å². The van der Waals surface area contributed by atoms with Gasteiger partial charge in [0.1, 0.15) is 0 Å². The van der Waals surface area contributed by atoms with Crippen molar-refractivity contribution in [3.8, 4) is 0 Å². The molecule has 1 fully saturated rings. The van der Waals surface area contributed by atoms with E-state index < -0.39 is 10.2 Å². The number of piperidine rings is 1. The molecule has 102 valence electrons. The van der Waals surface area contributed by atoms with Gasteiger partial charge in [0.05, 0.1) is 0 Å². The van der Waals surface area contributed by atoms with E-state index in [-0.39, 0.29) is 5.92 Å². The predicted molar refractivity (Wildman–Crippen MR) is 65.2 cm³/mol. The van der Waals surface area contributed by atoms with Gasteiger partial charge in [-0.3, -0.25) is 0 Å². The highest BCUT2D eigenvalue weighted by atomic mass is 32.2. The number of hydrogen-bond donors (Lipinski definition) is 1. The van der Waals surface area contributed by atoms with Crippen molar-refractivity contribution in [1.29, 1.82) is 0 Å². The number of rotatable bonds is 4. The van der Waals surface area contributed by atoms with Crippen molar-refractivity contribution >= 4 is 10.2 Å². The highest BCUT2D eigenvalue weighted by Crippen LogP contribution is 2.27. The second-order valence-electron chi connectivity index (χ2n) is 4.34. The number of hydrogen-bond acceptors (Lipinski definition) is 5. The summed E-state index contributed by atoms with van der Waals surface area (Å²) in [6.07, 6.45) is 1.43. The average Bonchev–Trinajstić information content (AvgIpc) is 2.76. The van der Waals surface area contributed by atoms with Crippen molar-refractivity contribution in [2.75, 3.05) is 19.6 Å². The van der Waals surface area contributed by atoms with Gasteiger partial charge >= 0.3 is 0 Å². The Morgan fingerprint density at radius 3 is 2.56 bits per heavy atom. The first kappa shape index (κ1) is 13.4. The molecule has 1 aliphatic heterocycles. The molecule has 1 aromatic rings. The fourth-order valence-corrected chi connectivity index (χ4v) is 3.33. The Hall–Kier alpha value is -0.990. The summed E-state index contributed by atoms with van der Waals surface area (Å²) in [5, 5.41) is 7.79. The molecule has 0 amide bonds. The molecular formula is C10H18N4O3S. The molecule has 0 aliphatic carbocycles. The first-order valence-corrected chi connectivity index (χ1v) is 7.51. The third-order valence-electron chi connectivity index (χ3n) is 3.01. The van der Waals surface area contributed by atoms with E-state index in [9.17, 15) is 8.42 Å². The number of aromatic nitrogens is 2. The zero-order valence-corrected chi connectivity index (χ0v) is 11.4. The van der Waals surface area contributed by atoms with E-state index in [1.54, 1.807) is 13.8 Å². The molecule has 8 heteroatoms. The Kier molecular flexibility index (Phi) is 3.98. The standard InChI is InChI=1S/C10H18N4O3S/c1-3-11-18(15,16)14-6-4-9(5-7-14)10-13-12-8(2)17-10/h9,11H,3-7H2,1-2H3. The molecule has 0 aromatic carbocycles. The zero-order chi connectivity index (χ0) is 13.2. The SMILES string of the molecule is CCNS(=O)(=O)N1CCC(c2nnc(C)o2)CC1. The second-order valence-corrected chi connectivity index (χ2v) is 6.09. The fourth-order valence-electron chi connectivity index (χ4n) is 2.09. The normalized spacial score (nSPS) is 19.2. The molecule has 1 aromatic heterocycles. The van der Waals surface area contributed by atoms with E-state index in [4.69, 9.17) is 4.42 Å². The summed E-state index contributed by atoms with van der Waals surface area (Å²) < 4.78 is 32.9. The van der Waals surface area contributed by atoms with E-state index in [0.29, 0.717) is 44.3 Å². The maximum absolute atomic E-state index is 11.8. The first-order chi connectivity index (χ1) is 8.53. The lowest BCUT2D eigenvalue weighted by molar-refractivity contribution is 0.285. The third-order valence-corrected chi connectivity index (χ3v) is 4.71. The number of nitrogens with one attached hydrogen (secondary N) is 1. The molecule has 1 N–H and O–H groups in total.